The monoisotopic (exact) mass is 434 g/mol. The van der Waals surface area contributed by atoms with Gasteiger partial charge >= 0.3 is 0 Å². The Morgan fingerprint density at radius 3 is 2.74 bits per heavy atom. The summed E-state index contributed by atoms with van der Waals surface area (Å²) in [5.41, 5.74) is 2.19. The number of nitrogens with zero attached hydrogens (tertiary/aromatic N) is 7. The third kappa shape index (κ3) is 3.31. The molecule has 4 aromatic rings. The maximum absolute atomic E-state index is 12.7. The van der Waals surface area contributed by atoms with E-state index in [1.807, 2.05) is 30.3 Å². The molecule has 0 amide bonds. The molecule has 0 saturated carbocycles. The Balaban J connectivity index is 1.16. The second-order valence-electron chi connectivity index (χ2n) is 8.04. The van der Waals surface area contributed by atoms with E-state index >= 15 is 0 Å². The van der Waals surface area contributed by atoms with E-state index in [4.69, 9.17) is 4.98 Å². The maximum atomic E-state index is 12.7. The highest BCUT2D eigenvalue weighted by molar-refractivity contribution is 7.18. The van der Waals surface area contributed by atoms with E-state index in [2.05, 4.69) is 30.3 Å². The number of piperazine rings is 1. The van der Waals surface area contributed by atoms with Gasteiger partial charge in [-0.05, 0) is 47.4 Å². The SMILES string of the molecule is O=c1[nH]c(CN2CCN(c3nnnn3-c3ccccc3)CC2)nc2sc3c(c12)CCC3. The van der Waals surface area contributed by atoms with Crippen molar-refractivity contribution in [1.29, 1.82) is 0 Å². The molecule has 1 aliphatic heterocycles. The van der Waals surface area contributed by atoms with E-state index < -0.39 is 0 Å². The highest BCUT2D eigenvalue weighted by Gasteiger charge is 2.24. The highest BCUT2D eigenvalue weighted by Crippen LogP contribution is 2.34. The van der Waals surface area contributed by atoms with Crippen LogP contribution in [0.25, 0.3) is 15.9 Å². The van der Waals surface area contributed by atoms with Crippen molar-refractivity contribution in [2.75, 3.05) is 31.1 Å². The van der Waals surface area contributed by atoms with Gasteiger partial charge in [0.05, 0.1) is 17.6 Å². The molecule has 4 heterocycles. The predicted octanol–water partition coefficient (Wildman–Crippen LogP) is 1.77. The number of benzene rings is 1. The maximum Gasteiger partial charge on any atom is 0.259 e. The first-order valence-corrected chi connectivity index (χ1v) is 11.4. The average molecular weight is 435 g/mol. The van der Waals surface area contributed by atoms with Crippen LogP contribution in [0.1, 0.15) is 22.7 Å². The van der Waals surface area contributed by atoms with Crippen LogP contribution in [0, 0.1) is 0 Å². The first kappa shape index (κ1) is 18.6. The summed E-state index contributed by atoms with van der Waals surface area (Å²) in [6.07, 6.45) is 3.23. The van der Waals surface area contributed by atoms with Crippen molar-refractivity contribution in [2.24, 2.45) is 0 Å². The molecule has 158 valence electrons. The molecule has 3 aromatic heterocycles. The molecule has 0 radical (unpaired) electrons. The second-order valence-corrected chi connectivity index (χ2v) is 9.12. The van der Waals surface area contributed by atoms with Crippen LogP contribution >= 0.6 is 11.3 Å². The van der Waals surface area contributed by atoms with Crippen molar-refractivity contribution in [3.05, 3.63) is 57.0 Å². The normalized spacial score (nSPS) is 16.8. The largest absolute Gasteiger partial charge is 0.337 e. The number of H-pyrrole nitrogens is 1. The van der Waals surface area contributed by atoms with Gasteiger partial charge in [-0.15, -0.1) is 11.3 Å². The molecule has 0 bridgehead atoms. The number of thiophene rings is 1. The summed E-state index contributed by atoms with van der Waals surface area (Å²) in [6, 6.07) is 9.92. The molecule has 1 aromatic carbocycles. The van der Waals surface area contributed by atoms with Gasteiger partial charge in [-0.1, -0.05) is 23.3 Å². The molecule has 1 aliphatic carbocycles. The van der Waals surface area contributed by atoms with Gasteiger partial charge in [0, 0.05) is 31.1 Å². The van der Waals surface area contributed by atoms with Crippen molar-refractivity contribution < 1.29 is 0 Å². The van der Waals surface area contributed by atoms with Gasteiger partial charge in [-0.25, -0.2) is 4.98 Å². The molecule has 31 heavy (non-hydrogen) atoms. The topological polar surface area (TPSA) is 95.8 Å². The van der Waals surface area contributed by atoms with Crippen molar-refractivity contribution >= 4 is 27.5 Å². The summed E-state index contributed by atoms with van der Waals surface area (Å²) in [6.45, 7) is 3.97. The standard InChI is InChI=1S/C21H22N8OS/c30-19-18-15-7-4-8-16(15)31-20(18)23-17(22-19)13-27-9-11-28(12-10-27)21-24-25-26-29(21)14-5-2-1-3-6-14/h1-3,5-6H,4,7-13H2,(H,22,23,30). The van der Waals surface area contributed by atoms with E-state index in [1.54, 1.807) is 16.0 Å². The smallest absolute Gasteiger partial charge is 0.259 e. The van der Waals surface area contributed by atoms with E-state index in [-0.39, 0.29) is 5.56 Å². The van der Waals surface area contributed by atoms with Gasteiger partial charge < -0.3 is 9.88 Å². The van der Waals surface area contributed by atoms with Crippen molar-refractivity contribution in [3.8, 4) is 5.69 Å². The molecule has 9 nitrogen and oxygen atoms in total. The summed E-state index contributed by atoms with van der Waals surface area (Å²) >= 11 is 1.69. The molecule has 1 saturated heterocycles. The van der Waals surface area contributed by atoms with Crippen LogP contribution in [0.15, 0.2) is 35.1 Å². The fourth-order valence-electron chi connectivity index (χ4n) is 4.56. The molecule has 10 heteroatoms. The van der Waals surface area contributed by atoms with E-state index in [0.717, 1.165) is 73.1 Å². The molecule has 1 N–H and O–H groups in total. The molecule has 1 fully saturated rings. The van der Waals surface area contributed by atoms with Crippen LogP contribution in [0.3, 0.4) is 0 Å². The Morgan fingerprint density at radius 1 is 1.06 bits per heavy atom. The van der Waals surface area contributed by atoms with Gasteiger partial charge in [0.15, 0.2) is 0 Å². The molecular weight excluding hydrogens is 412 g/mol. The number of anilines is 1. The van der Waals surface area contributed by atoms with Crippen LogP contribution in [0.5, 0.6) is 0 Å². The van der Waals surface area contributed by atoms with Gasteiger partial charge in [0.25, 0.3) is 5.56 Å². The number of tetrazole rings is 1. The number of aromatic nitrogens is 6. The number of fused-ring (bicyclic) bond motifs is 3. The Kier molecular flexibility index (Phi) is 4.53. The first-order valence-electron chi connectivity index (χ1n) is 10.6. The summed E-state index contributed by atoms with van der Waals surface area (Å²) in [7, 11) is 0. The zero-order valence-electron chi connectivity index (χ0n) is 17.0. The molecule has 0 atom stereocenters. The minimum absolute atomic E-state index is 0.0140. The third-order valence-electron chi connectivity index (χ3n) is 6.11. The van der Waals surface area contributed by atoms with Crippen LogP contribution in [-0.2, 0) is 19.4 Å². The fraction of sp³-hybridized carbons (Fsp3) is 0.381. The molecule has 0 spiro atoms. The lowest BCUT2D eigenvalue weighted by atomic mass is 10.2. The summed E-state index contributed by atoms with van der Waals surface area (Å²) < 4.78 is 1.78. The number of hydrogen-bond acceptors (Lipinski definition) is 8. The Labute approximate surface area is 182 Å². The lowest BCUT2D eigenvalue weighted by molar-refractivity contribution is 0.242. The number of rotatable bonds is 4. The minimum Gasteiger partial charge on any atom is -0.337 e. The van der Waals surface area contributed by atoms with Crippen LogP contribution in [-0.4, -0.2) is 61.3 Å². The second kappa shape index (κ2) is 7.54. The number of aromatic amines is 1. The molecule has 2 aliphatic rings. The Morgan fingerprint density at radius 2 is 1.90 bits per heavy atom. The summed E-state index contributed by atoms with van der Waals surface area (Å²) in [4.78, 5) is 27.3. The number of para-hydroxylation sites is 1. The van der Waals surface area contributed by atoms with E-state index in [9.17, 15) is 4.79 Å². The van der Waals surface area contributed by atoms with E-state index in [0.29, 0.717) is 6.54 Å². The van der Waals surface area contributed by atoms with Gasteiger partial charge in [-0.2, -0.15) is 4.68 Å². The predicted molar refractivity (Wildman–Crippen MR) is 119 cm³/mol. The van der Waals surface area contributed by atoms with Crippen molar-refractivity contribution in [1.82, 2.24) is 35.1 Å². The molecule has 6 rings (SSSR count). The van der Waals surface area contributed by atoms with Gasteiger partial charge in [-0.3, -0.25) is 9.69 Å². The number of aryl methyl sites for hydroxylation is 2. The minimum atomic E-state index is 0.0140. The van der Waals surface area contributed by atoms with Gasteiger partial charge in [0.1, 0.15) is 10.7 Å². The fourth-order valence-corrected chi connectivity index (χ4v) is 5.84. The van der Waals surface area contributed by atoms with Gasteiger partial charge in [0.2, 0.25) is 5.95 Å². The van der Waals surface area contributed by atoms with Crippen molar-refractivity contribution in [2.45, 2.75) is 25.8 Å². The zero-order chi connectivity index (χ0) is 20.8. The van der Waals surface area contributed by atoms with Crippen LogP contribution in [0.4, 0.5) is 5.95 Å². The lowest BCUT2D eigenvalue weighted by Gasteiger charge is -2.34. The lowest BCUT2D eigenvalue weighted by Crippen LogP contribution is -2.47. The van der Waals surface area contributed by atoms with Crippen molar-refractivity contribution in [3.63, 3.8) is 0 Å². The van der Waals surface area contributed by atoms with Crippen LogP contribution < -0.4 is 10.5 Å². The first-order chi connectivity index (χ1) is 15.3. The number of nitrogens with one attached hydrogen (secondary N) is 1. The average Bonchev–Trinajstić information content (AvgIpc) is 3.51. The molecular formula is C21H22N8OS. The summed E-state index contributed by atoms with van der Waals surface area (Å²) in [5, 5.41) is 13.1. The highest BCUT2D eigenvalue weighted by atomic mass is 32.1. The third-order valence-corrected chi connectivity index (χ3v) is 7.29. The quantitative estimate of drug-likeness (QED) is 0.523. The number of hydrogen-bond donors (Lipinski definition) is 1. The van der Waals surface area contributed by atoms with E-state index in [1.165, 1.54) is 10.4 Å². The summed E-state index contributed by atoms with van der Waals surface area (Å²) in [5.74, 6) is 1.51. The zero-order valence-corrected chi connectivity index (χ0v) is 17.8. The molecule has 0 unspecified atom stereocenters. The Hall–Kier alpha value is -3.11. The Bertz CT molecular complexity index is 1290. The van der Waals surface area contributed by atoms with Crippen LogP contribution in [0.2, 0.25) is 0 Å².